The van der Waals surface area contributed by atoms with E-state index >= 15 is 0 Å². The van der Waals surface area contributed by atoms with E-state index in [4.69, 9.17) is 4.74 Å². The summed E-state index contributed by atoms with van der Waals surface area (Å²) < 4.78 is 4.85. The summed E-state index contributed by atoms with van der Waals surface area (Å²) in [6.07, 6.45) is -0.00969. The van der Waals surface area contributed by atoms with Crippen molar-refractivity contribution in [1.29, 1.82) is 5.26 Å². The number of Topliss-reactive ketones (excluding diaryl/α,β-unsaturated/α-hetero) is 1. The Labute approximate surface area is 177 Å². The normalized spacial score (nSPS) is 11.1. The first-order valence-corrected chi connectivity index (χ1v) is 8.94. The zero-order chi connectivity index (χ0) is 23.1. The number of ether oxygens (including phenoxy) is 1. The van der Waals surface area contributed by atoms with Crippen molar-refractivity contribution in [2.24, 2.45) is 0 Å². The Balaban J connectivity index is 2.29. The summed E-state index contributed by atoms with van der Waals surface area (Å²) in [5, 5.41) is 40.8. The van der Waals surface area contributed by atoms with Gasteiger partial charge in [0, 0.05) is 37.2 Å². The third kappa shape index (κ3) is 5.16. The Morgan fingerprint density at radius 3 is 2.42 bits per heavy atom. The van der Waals surface area contributed by atoms with E-state index in [1.807, 2.05) is 0 Å². The molecular formula is C21H19N3O7. The van der Waals surface area contributed by atoms with E-state index in [0.29, 0.717) is 5.56 Å². The lowest BCUT2D eigenvalue weighted by Crippen LogP contribution is -2.30. The molecule has 0 unspecified atom stereocenters. The van der Waals surface area contributed by atoms with Gasteiger partial charge in [-0.2, -0.15) is 5.26 Å². The first kappa shape index (κ1) is 22.9. The van der Waals surface area contributed by atoms with Crippen LogP contribution in [0.3, 0.4) is 0 Å². The molecule has 0 aromatic heterocycles. The van der Waals surface area contributed by atoms with E-state index < -0.39 is 33.6 Å². The van der Waals surface area contributed by atoms with Gasteiger partial charge in [0.2, 0.25) is 5.75 Å². The van der Waals surface area contributed by atoms with Crippen LogP contribution in [0.2, 0.25) is 0 Å². The van der Waals surface area contributed by atoms with Gasteiger partial charge >= 0.3 is 5.69 Å². The van der Waals surface area contributed by atoms with Crippen LogP contribution in [0.5, 0.6) is 11.5 Å². The number of methoxy groups -OCH3 is 1. The highest BCUT2D eigenvalue weighted by Gasteiger charge is 2.25. The first-order valence-electron chi connectivity index (χ1n) is 8.94. The molecule has 1 amide bonds. The zero-order valence-corrected chi connectivity index (χ0v) is 16.7. The van der Waals surface area contributed by atoms with Gasteiger partial charge < -0.3 is 19.8 Å². The van der Waals surface area contributed by atoms with E-state index in [2.05, 4.69) is 0 Å². The van der Waals surface area contributed by atoms with Crippen LogP contribution in [0, 0.1) is 21.4 Å². The molecule has 0 aliphatic carbocycles. The third-order valence-electron chi connectivity index (χ3n) is 4.42. The number of aromatic hydroxyl groups is 1. The lowest BCUT2D eigenvalue weighted by Gasteiger charge is -2.17. The van der Waals surface area contributed by atoms with Crippen molar-refractivity contribution in [2.75, 3.05) is 20.7 Å². The van der Waals surface area contributed by atoms with Crippen molar-refractivity contribution in [3.8, 4) is 17.6 Å². The second kappa shape index (κ2) is 9.89. The van der Waals surface area contributed by atoms with Gasteiger partial charge in [-0.15, -0.1) is 0 Å². The largest absolute Gasteiger partial charge is 0.506 e. The SMILES string of the molecule is COc1cc(/C(O)=C(\C#N)C(=O)N(C)CCC(=O)c2ccccc2)cc([N+](=O)[O-])c1O. The molecule has 10 heteroatoms. The average Bonchev–Trinajstić information content (AvgIpc) is 2.77. The highest BCUT2D eigenvalue weighted by molar-refractivity contribution is 6.04. The standard InChI is InChI=1S/C21H19N3O7/c1-23(9-8-17(25)13-6-4-3-5-7-13)21(28)15(12-22)19(26)14-10-16(24(29)30)20(27)18(11-14)31-2/h3-7,10-11,26-27H,8-9H2,1-2H3/b19-15-. The summed E-state index contributed by atoms with van der Waals surface area (Å²) in [5.41, 5.74) is -1.24. The van der Waals surface area contributed by atoms with Crippen molar-refractivity contribution < 1.29 is 29.5 Å². The minimum atomic E-state index is -0.899. The number of phenolic OH excluding ortho intramolecular Hbond substituents is 1. The number of aliphatic hydroxyl groups is 1. The maximum absolute atomic E-state index is 12.6. The maximum Gasteiger partial charge on any atom is 0.315 e. The summed E-state index contributed by atoms with van der Waals surface area (Å²) in [6.45, 7) is -0.0237. The predicted octanol–water partition coefficient (Wildman–Crippen LogP) is 2.83. The van der Waals surface area contributed by atoms with Gasteiger partial charge in [0.05, 0.1) is 12.0 Å². The Morgan fingerprint density at radius 2 is 1.87 bits per heavy atom. The second-order valence-corrected chi connectivity index (χ2v) is 6.40. The monoisotopic (exact) mass is 425 g/mol. The van der Waals surface area contributed by atoms with Crippen molar-refractivity contribution >= 4 is 23.1 Å². The van der Waals surface area contributed by atoms with Gasteiger partial charge in [-0.3, -0.25) is 19.7 Å². The highest BCUT2D eigenvalue weighted by Crippen LogP contribution is 2.38. The summed E-state index contributed by atoms with van der Waals surface area (Å²) in [4.78, 5) is 36.2. The zero-order valence-electron chi connectivity index (χ0n) is 16.7. The number of likely N-dealkylation sites (N-methyl/N-ethyl adjacent to an activating group) is 1. The molecule has 0 aliphatic rings. The number of aliphatic hydroxyl groups excluding tert-OH is 1. The van der Waals surface area contributed by atoms with Crippen molar-refractivity contribution in [2.45, 2.75) is 6.42 Å². The fourth-order valence-corrected chi connectivity index (χ4v) is 2.70. The van der Waals surface area contributed by atoms with Gasteiger partial charge in [-0.05, 0) is 6.07 Å². The van der Waals surface area contributed by atoms with Crippen LogP contribution in [-0.4, -0.2) is 52.4 Å². The van der Waals surface area contributed by atoms with E-state index in [9.17, 15) is 35.2 Å². The first-order chi connectivity index (χ1) is 14.7. The van der Waals surface area contributed by atoms with Crippen LogP contribution < -0.4 is 4.74 Å². The number of amides is 1. The molecule has 0 spiro atoms. The number of carbonyl (C=O) groups excluding carboxylic acids is 2. The molecule has 0 aliphatic heterocycles. The van der Waals surface area contributed by atoms with Crippen LogP contribution in [0.15, 0.2) is 48.0 Å². The molecule has 2 N–H and O–H groups in total. The summed E-state index contributed by atoms with van der Waals surface area (Å²) >= 11 is 0. The Kier molecular flexibility index (Phi) is 7.30. The van der Waals surface area contributed by atoms with Crippen LogP contribution >= 0.6 is 0 Å². The minimum Gasteiger partial charge on any atom is -0.506 e. The van der Waals surface area contributed by atoms with Crippen molar-refractivity contribution in [3.05, 3.63) is 69.3 Å². The van der Waals surface area contributed by atoms with E-state index in [1.165, 1.54) is 7.05 Å². The Morgan fingerprint density at radius 1 is 1.23 bits per heavy atom. The van der Waals surface area contributed by atoms with Crippen LogP contribution in [0.1, 0.15) is 22.3 Å². The van der Waals surface area contributed by atoms with Crippen molar-refractivity contribution in [1.82, 2.24) is 4.90 Å². The number of nitriles is 1. The van der Waals surface area contributed by atoms with Gasteiger partial charge in [0.15, 0.2) is 17.1 Å². The van der Waals surface area contributed by atoms with E-state index in [-0.39, 0.29) is 30.1 Å². The minimum absolute atomic E-state index is 0.00969. The molecular weight excluding hydrogens is 406 g/mol. The molecule has 0 bridgehead atoms. The topological polar surface area (TPSA) is 154 Å². The molecule has 0 radical (unpaired) electrons. The van der Waals surface area contributed by atoms with Crippen LogP contribution in [0.4, 0.5) is 5.69 Å². The van der Waals surface area contributed by atoms with Crippen molar-refractivity contribution in [3.63, 3.8) is 0 Å². The number of hydrogen-bond donors (Lipinski definition) is 2. The number of phenols is 1. The Hall–Kier alpha value is -4.39. The summed E-state index contributed by atoms with van der Waals surface area (Å²) in [6, 6.07) is 11.9. The van der Waals surface area contributed by atoms with E-state index in [0.717, 1.165) is 24.1 Å². The highest BCUT2D eigenvalue weighted by atomic mass is 16.6. The molecule has 160 valence electrons. The van der Waals surface area contributed by atoms with Gasteiger partial charge in [-0.1, -0.05) is 30.3 Å². The number of rotatable bonds is 8. The molecule has 0 atom stereocenters. The third-order valence-corrected chi connectivity index (χ3v) is 4.42. The molecule has 2 aromatic rings. The fourth-order valence-electron chi connectivity index (χ4n) is 2.70. The average molecular weight is 425 g/mol. The maximum atomic E-state index is 12.6. The number of ketones is 1. The van der Waals surface area contributed by atoms with Gasteiger partial charge in [0.1, 0.15) is 11.8 Å². The number of hydrogen-bond acceptors (Lipinski definition) is 8. The lowest BCUT2D eigenvalue weighted by atomic mass is 10.1. The van der Waals surface area contributed by atoms with E-state index in [1.54, 1.807) is 36.4 Å². The van der Waals surface area contributed by atoms with Gasteiger partial charge in [0.25, 0.3) is 5.91 Å². The number of carbonyl (C=O) groups is 2. The van der Waals surface area contributed by atoms with Gasteiger partial charge in [-0.25, -0.2) is 0 Å². The number of nitro benzene ring substituents is 1. The fraction of sp³-hybridized carbons (Fsp3) is 0.190. The number of nitro groups is 1. The summed E-state index contributed by atoms with van der Waals surface area (Å²) in [5.74, 6) is -2.98. The quantitative estimate of drug-likeness (QED) is 0.163. The smallest absolute Gasteiger partial charge is 0.315 e. The van der Waals surface area contributed by atoms with Crippen LogP contribution in [0.25, 0.3) is 5.76 Å². The predicted molar refractivity (Wildman–Crippen MR) is 110 cm³/mol. The van der Waals surface area contributed by atoms with Crippen LogP contribution in [-0.2, 0) is 4.79 Å². The molecule has 0 saturated carbocycles. The molecule has 0 heterocycles. The molecule has 0 fully saturated rings. The lowest BCUT2D eigenvalue weighted by molar-refractivity contribution is -0.386. The second-order valence-electron chi connectivity index (χ2n) is 6.40. The summed E-state index contributed by atoms with van der Waals surface area (Å²) in [7, 11) is 2.50. The molecule has 31 heavy (non-hydrogen) atoms. The number of benzene rings is 2. The molecule has 2 aromatic carbocycles. The number of nitrogens with zero attached hydrogens (tertiary/aromatic N) is 3. The molecule has 10 nitrogen and oxygen atoms in total. The molecule has 2 rings (SSSR count). The molecule has 0 saturated heterocycles. The Bertz CT molecular complexity index is 1090.